The molecule has 1 aromatic carbocycles. The Balaban J connectivity index is 2.91. The standard InChI is InChI=1S/C13H14BrFN2O4/c1-6(2)10(11(18)17-13(16)20)21-12(19)8-4-3-7(15)5-9(8)14/h3-6,10H,1-2H3,(H3,16,17,18,20)/t10-/m1/s1. The van der Waals surface area contributed by atoms with E-state index in [4.69, 9.17) is 10.5 Å². The summed E-state index contributed by atoms with van der Waals surface area (Å²) in [5.41, 5.74) is 4.92. The zero-order valence-electron chi connectivity index (χ0n) is 11.4. The molecular weight excluding hydrogens is 347 g/mol. The first-order valence-electron chi connectivity index (χ1n) is 5.98. The van der Waals surface area contributed by atoms with Gasteiger partial charge in [-0.25, -0.2) is 14.0 Å². The van der Waals surface area contributed by atoms with E-state index in [0.717, 1.165) is 12.1 Å². The summed E-state index contributed by atoms with van der Waals surface area (Å²) in [5, 5.41) is 1.86. The number of nitrogens with two attached hydrogens (primary N) is 1. The monoisotopic (exact) mass is 360 g/mol. The van der Waals surface area contributed by atoms with Crippen molar-refractivity contribution in [2.75, 3.05) is 0 Å². The van der Waals surface area contributed by atoms with Gasteiger partial charge in [-0.2, -0.15) is 0 Å². The lowest BCUT2D eigenvalue weighted by Gasteiger charge is -2.20. The van der Waals surface area contributed by atoms with Crippen LogP contribution >= 0.6 is 15.9 Å². The molecule has 0 aliphatic carbocycles. The number of imide groups is 1. The summed E-state index contributed by atoms with van der Waals surface area (Å²) in [4.78, 5) is 34.4. The lowest BCUT2D eigenvalue weighted by molar-refractivity contribution is -0.130. The van der Waals surface area contributed by atoms with Crippen LogP contribution in [-0.2, 0) is 9.53 Å². The van der Waals surface area contributed by atoms with Crippen LogP contribution in [-0.4, -0.2) is 24.0 Å². The fourth-order valence-electron chi connectivity index (χ4n) is 1.52. The fraction of sp³-hybridized carbons (Fsp3) is 0.308. The molecule has 3 N–H and O–H groups in total. The van der Waals surface area contributed by atoms with Crippen molar-refractivity contribution in [1.29, 1.82) is 0 Å². The fourth-order valence-corrected chi connectivity index (χ4v) is 2.03. The molecule has 21 heavy (non-hydrogen) atoms. The summed E-state index contributed by atoms with van der Waals surface area (Å²) in [6.45, 7) is 3.27. The molecule has 3 amide bonds. The van der Waals surface area contributed by atoms with Crippen molar-refractivity contribution >= 4 is 33.8 Å². The molecule has 114 valence electrons. The molecule has 0 unspecified atom stereocenters. The third-order valence-electron chi connectivity index (χ3n) is 2.50. The number of hydrogen-bond donors (Lipinski definition) is 2. The first kappa shape index (κ1) is 17.1. The Hall–Kier alpha value is -1.96. The summed E-state index contributed by atoms with van der Waals surface area (Å²) in [7, 11) is 0. The van der Waals surface area contributed by atoms with Gasteiger partial charge < -0.3 is 10.5 Å². The number of ether oxygens (including phenoxy) is 1. The van der Waals surface area contributed by atoms with Gasteiger partial charge >= 0.3 is 12.0 Å². The van der Waals surface area contributed by atoms with Crippen LogP contribution in [0.15, 0.2) is 22.7 Å². The summed E-state index contributed by atoms with van der Waals surface area (Å²) in [6, 6.07) is 2.38. The van der Waals surface area contributed by atoms with Crippen LogP contribution < -0.4 is 11.1 Å². The minimum absolute atomic E-state index is 0.0638. The maximum Gasteiger partial charge on any atom is 0.340 e. The highest BCUT2D eigenvalue weighted by molar-refractivity contribution is 9.10. The molecule has 8 heteroatoms. The molecule has 0 heterocycles. The van der Waals surface area contributed by atoms with E-state index in [2.05, 4.69) is 15.9 Å². The third kappa shape index (κ3) is 4.82. The maximum atomic E-state index is 13.0. The molecule has 0 radical (unpaired) electrons. The average molecular weight is 361 g/mol. The highest BCUT2D eigenvalue weighted by Gasteiger charge is 2.28. The Morgan fingerprint density at radius 3 is 2.43 bits per heavy atom. The van der Waals surface area contributed by atoms with Gasteiger partial charge in [-0.1, -0.05) is 13.8 Å². The Kier molecular flexibility index (Phi) is 5.83. The van der Waals surface area contributed by atoms with E-state index in [1.165, 1.54) is 6.07 Å². The number of carbonyl (C=O) groups excluding carboxylic acids is 3. The van der Waals surface area contributed by atoms with E-state index in [1.54, 1.807) is 13.8 Å². The first-order chi connectivity index (χ1) is 9.72. The molecule has 1 rings (SSSR count). The van der Waals surface area contributed by atoms with Gasteiger partial charge in [0.1, 0.15) is 5.82 Å². The second-order valence-corrected chi connectivity index (χ2v) is 5.40. The second kappa shape index (κ2) is 7.16. The summed E-state index contributed by atoms with van der Waals surface area (Å²) < 4.78 is 18.2. The largest absolute Gasteiger partial charge is 0.448 e. The van der Waals surface area contributed by atoms with Gasteiger partial charge in [-0.05, 0) is 40.0 Å². The van der Waals surface area contributed by atoms with Crippen molar-refractivity contribution in [2.24, 2.45) is 11.7 Å². The van der Waals surface area contributed by atoms with E-state index in [0.29, 0.717) is 0 Å². The number of esters is 1. The lowest BCUT2D eigenvalue weighted by atomic mass is 10.1. The molecule has 6 nitrogen and oxygen atoms in total. The smallest absolute Gasteiger partial charge is 0.340 e. The number of urea groups is 1. The number of benzene rings is 1. The van der Waals surface area contributed by atoms with Crippen LogP contribution in [0.3, 0.4) is 0 Å². The number of hydrogen-bond acceptors (Lipinski definition) is 4. The Labute approximate surface area is 129 Å². The highest BCUT2D eigenvalue weighted by atomic mass is 79.9. The molecule has 0 fully saturated rings. The second-order valence-electron chi connectivity index (χ2n) is 4.55. The lowest BCUT2D eigenvalue weighted by Crippen LogP contribution is -2.45. The van der Waals surface area contributed by atoms with Crippen molar-refractivity contribution in [2.45, 2.75) is 20.0 Å². The van der Waals surface area contributed by atoms with E-state index < -0.39 is 29.8 Å². The minimum atomic E-state index is -1.19. The zero-order valence-corrected chi connectivity index (χ0v) is 12.9. The predicted molar refractivity (Wildman–Crippen MR) is 75.9 cm³/mol. The maximum absolute atomic E-state index is 13.0. The number of primary amides is 1. The van der Waals surface area contributed by atoms with Crippen molar-refractivity contribution in [3.8, 4) is 0 Å². The average Bonchev–Trinajstić information content (AvgIpc) is 2.34. The van der Waals surface area contributed by atoms with E-state index in [1.807, 2.05) is 5.32 Å². The van der Waals surface area contributed by atoms with Crippen molar-refractivity contribution in [3.63, 3.8) is 0 Å². The minimum Gasteiger partial charge on any atom is -0.448 e. The number of halogens is 2. The molecule has 0 aliphatic rings. The molecule has 0 spiro atoms. The molecule has 1 atom stereocenters. The van der Waals surface area contributed by atoms with Gasteiger partial charge in [0.2, 0.25) is 0 Å². The molecular formula is C13H14BrFN2O4. The van der Waals surface area contributed by atoms with Gasteiger partial charge in [0.15, 0.2) is 6.10 Å². The SMILES string of the molecule is CC(C)[C@@H](OC(=O)c1ccc(F)cc1Br)C(=O)NC(N)=O. The Morgan fingerprint density at radius 1 is 1.33 bits per heavy atom. The predicted octanol–water partition coefficient (Wildman–Crippen LogP) is 1.96. The van der Waals surface area contributed by atoms with Crippen LogP contribution in [0.5, 0.6) is 0 Å². The van der Waals surface area contributed by atoms with E-state index in [-0.39, 0.29) is 16.0 Å². The summed E-state index contributed by atoms with van der Waals surface area (Å²) >= 11 is 3.04. The van der Waals surface area contributed by atoms with Crippen molar-refractivity contribution < 1.29 is 23.5 Å². The van der Waals surface area contributed by atoms with Crippen LogP contribution in [0.25, 0.3) is 0 Å². The summed E-state index contributed by atoms with van der Waals surface area (Å²) in [6.07, 6.45) is -1.19. The first-order valence-corrected chi connectivity index (χ1v) is 6.78. The highest BCUT2D eigenvalue weighted by Crippen LogP contribution is 2.20. The van der Waals surface area contributed by atoms with Crippen LogP contribution in [0, 0.1) is 11.7 Å². The molecule has 0 saturated heterocycles. The molecule has 0 saturated carbocycles. The number of amides is 3. The number of carbonyl (C=O) groups is 3. The summed E-state index contributed by atoms with van der Waals surface area (Å²) in [5.74, 6) is -2.54. The van der Waals surface area contributed by atoms with Gasteiger partial charge in [0, 0.05) is 4.47 Å². The normalized spacial score (nSPS) is 11.9. The molecule has 0 aromatic heterocycles. The van der Waals surface area contributed by atoms with Gasteiger partial charge in [0.05, 0.1) is 5.56 Å². The Morgan fingerprint density at radius 2 is 1.95 bits per heavy atom. The topological polar surface area (TPSA) is 98.5 Å². The number of nitrogens with one attached hydrogen (secondary N) is 1. The van der Waals surface area contributed by atoms with Crippen molar-refractivity contribution in [1.82, 2.24) is 5.32 Å². The molecule has 1 aromatic rings. The van der Waals surface area contributed by atoms with Gasteiger partial charge in [-0.3, -0.25) is 10.1 Å². The number of rotatable bonds is 4. The third-order valence-corrected chi connectivity index (χ3v) is 3.15. The zero-order chi connectivity index (χ0) is 16.2. The van der Waals surface area contributed by atoms with Crippen molar-refractivity contribution in [3.05, 3.63) is 34.1 Å². The van der Waals surface area contributed by atoms with Gasteiger partial charge in [0.25, 0.3) is 5.91 Å². The Bertz CT molecular complexity index is 577. The van der Waals surface area contributed by atoms with E-state index in [9.17, 15) is 18.8 Å². The quantitative estimate of drug-likeness (QED) is 0.801. The van der Waals surface area contributed by atoms with Gasteiger partial charge in [-0.15, -0.1) is 0 Å². The molecule has 0 bridgehead atoms. The van der Waals surface area contributed by atoms with Crippen LogP contribution in [0.1, 0.15) is 24.2 Å². The van der Waals surface area contributed by atoms with Crippen LogP contribution in [0.4, 0.5) is 9.18 Å². The van der Waals surface area contributed by atoms with Crippen LogP contribution in [0.2, 0.25) is 0 Å². The van der Waals surface area contributed by atoms with E-state index >= 15 is 0 Å². The molecule has 0 aliphatic heterocycles.